The highest BCUT2D eigenvalue weighted by Gasteiger charge is 2.13. The molecule has 2 N–H and O–H groups in total. The number of nitrogens with zero attached hydrogens (tertiary/aromatic N) is 5. The molecule has 0 saturated carbocycles. The van der Waals surface area contributed by atoms with Gasteiger partial charge in [0, 0.05) is 36.5 Å². The Labute approximate surface area is 148 Å². The van der Waals surface area contributed by atoms with Gasteiger partial charge in [-0.25, -0.2) is 14.5 Å². The Kier molecular flexibility index (Phi) is 3.98. The summed E-state index contributed by atoms with van der Waals surface area (Å²) in [5, 5.41) is 9.08. The lowest BCUT2D eigenvalue weighted by Gasteiger charge is -2.12. The van der Waals surface area contributed by atoms with Crippen LogP contribution >= 0.6 is 11.6 Å². The van der Waals surface area contributed by atoms with Crippen molar-refractivity contribution in [2.24, 2.45) is 0 Å². The molecule has 1 atom stereocenters. The number of H-pyrrole nitrogens is 1. The molecule has 0 aliphatic heterocycles. The molecule has 128 valence electrons. The number of nitrogens with one attached hydrogen (secondary N) is 2. The van der Waals surface area contributed by atoms with Gasteiger partial charge in [-0.05, 0) is 19.1 Å². The first-order chi connectivity index (χ1) is 12.2. The first-order valence-electron chi connectivity index (χ1n) is 7.76. The summed E-state index contributed by atoms with van der Waals surface area (Å²) < 4.78 is 6.71. The quantitative estimate of drug-likeness (QED) is 0.570. The Balaban J connectivity index is 1.71. The topological polar surface area (TPSA) is 93.0 Å². The Morgan fingerprint density at radius 2 is 2.20 bits per heavy atom. The van der Waals surface area contributed by atoms with Crippen molar-refractivity contribution in [3.8, 4) is 11.3 Å². The fourth-order valence-electron chi connectivity index (χ4n) is 2.69. The van der Waals surface area contributed by atoms with E-state index in [0.29, 0.717) is 23.4 Å². The Bertz CT molecular complexity index is 1040. The SMILES string of the molecule is COCC(C)Nc1ncc2c(-c3ccc4ncc(Cl)n4n3)c[nH]c2n1. The van der Waals surface area contributed by atoms with Crippen molar-refractivity contribution in [3.05, 3.63) is 35.9 Å². The Morgan fingerprint density at radius 3 is 3.04 bits per heavy atom. The lowest BCUT2D eigenvalue weighted by atomic mass is 10.2. The van der Waals surface area contributed by atoms with Gasteiger partial charge in [0.25, 0.3) is 0 Å². The van der Waals surface area contributed by atoms with Crippen LogP contribution in [0.3, 0.4) is 0 Å². The van der Waals surface area contributed by atoms with Crippen molar-refractivity contribution in [2.75, 3.05) is 19.0 Å². The normalized spacial score (nSPS) is 12.8. The first kappa shape index (κ1) is 15.8. The van der Waals surface area contributed by atoms with Crippen LogP contribution in [-0.2, 0) is 4.74 Å². The van der Waals surface area contributed by atoms with Crippen LogP contribution in [0.15, 0.2) is 30.7 Å². The number of aromatic nitrogens is 6. The molecule has 8 nitrogen and oxygen atoms in total. The van der Waals surface area contributed by atoms with Gasteiger partial charge in [0.15, 0.2) is 10.8 Å². The molecule has 4 heterocycles. The van der Waals surface area contributed by atoms with Crippen LogP contribution in [-0.4, -0.2) is 49.3 Å². The van der Waals surface area contributed by atoms with Gasteiger partial charge in [-0.1, -0.05) is 11.6 Å². The molecule has 0 aromatic carbocycles. The van der Waals surface area contributed by atoms with Crippen molar-refractivity contribution >= 4 is 34.2 Å². The molecule has 0 bridgehead atoms. The molecule has 0 saturated heterocycles. The molecule has 0 amide bonds. The summed E-state index contributed by atoms with van der Waals surface area (Å²) in [5.41, 5.74) is 3.09. The maximum absolute atomic E-state index is 6.11. The second kappa shape index (κ2) is 6.30. The summed E-state index contributed by atoms with van der Waals surface area (Å²) in [6.07, 6.45) is 5.21. The summed E-state index contributed by atoms with van der Waals surface area (Å²) in [6, 6.07) is 3.88. The molecular weight excluding hydrogens is 342 g/mol. The summed E-state index contributed by atoms with van der Waals surface area (Å²) in [4.78, 5) is 16.2. The molecular formula is C16H16ClN7O. The number of hydrogen-bond acceptors (Lipinski definition) is 6. The highest BCUT2D eigenvalue weighted by atomic mass is 35.5. The fourth-order valence-corrected chi connectivity index (χ4v) is 2.86. The van der Waals surface area contributed by atoms with Crippen LogP contribution in [0.1, 0.15) is 6.92 Å². The zero-order chi connectivity index (χ0) is 17.4. The number of hydrogen-bond donors (Lipinski definition) is 2. The predicted molar refractivity (Wildman–Crippen MR) is 95.8 cm³/mol. The average molecular weight is 358 g/mol. The van der Waals surface area contributed by atoms with Gasteiger partial charge in [0.1, 0.15) is 5.65 Å². The van der Waals surface area contributed by atoms with E-state index >= 15 is 0 Å². The molecule has 4 rings (SSSR count). The zero-order valence-corrected chi connectivity index (χ0v) is 14.4. The molecule has 4 aromatic heterocycles. The minimum absolute atomic E-state index is 0.115. The molecule has 0 spiro atoms. The third kappa shape index (κ3) is 2.90. The van der Waals surface area contributed by atoms with E-state index in [4.69, 9.17) is 16.3 Å². The van der Waals surface area contributed by atoms with E-state index in [1.54, 1.807) is 24.0 Å². The number of rotatable bonds is 5. The van der Waals surface area contributed by atoms with Crippen LogP contribution in [0, 0.1) is 0 Å². The minimum atomic E-state index is 0.115. The van der Waals surface area contributed by atoms with Gasteiger partial charge in [0.05, 0.1) is 18.5 Å². The highest BCUT2D eigenvalue weighted by molar-refractivity contribution is 6.29. The minimum Gasteiger partial charge on any atom is -0.383 e. The molecule has 4 aromatic rings. The van der Waals surface area contributed by atoms with Gasteiger partial charge in [0.2, 0.25) is 5.95 Å². The summed E-state index contributed by atoms with van der Waals surface area (Å²) in [7, 11) is 1.66. The van der Waals surface area contributed by atoms with Gasteiger partial charge in [-0.15, -0.1) is 0 Å². The highest BCUT2D eigenvalue weighted by Crippen LogP contribution is 2.27. The summed E-state index contributed by atoms with van der Waals surface area (Å²) in [6.45, 7) is 2.58. The second-order valence-electron chi connectivity index (χ2n) is 5.73. The number of anilines is 1. The van der Waals surface area contributed by atoms with Crippen molar-refractivity contribution in [2.45, 2.75) is 13.0 Å². The van der Waals surface area contributed by atoms with Crippen molar-refractivity contribution in [3.63, 3.8) is 0 Å². The molecule has 9 heteroatoms. The van der Waals surface area contributed by atoms with Crippen LogP contribution in [0.5, 0.6) is 0 Å². The molecule has 1 unspecified atom stereocenters. The van der Waals surface area contributed by atoms with Gasteiger partial charge in [-0.2, -0.15) is 10.1 Å². The van der Waals surface area contributed by atoms with E-state index in [1.807, 2.05) is 25.3 Å². The molecule has 0 fully saturated rings. The van der Waals surface area contributed by atoms with Crippen LogP contribution in [0.25, 0.3) is 27.9 Å². The van der Waals surface area contributed by atoms with Crippen LogP contribution in [0.2, 0.25) is 5.15 Å². The average Bonchev–Trinajstić information content (AvgIpc) is 3.18. The summed E-state index contributed by atoms with van der Waals surface area (Å²) >= 11 is 6.11. The second-order valence-corrected chi connectivity index (χ2v) is 6.12. The van der Waals surface area contributed by atoms with E-state index < -0.39 is 0 Å². The van der Waals surface area contributed by atoms with E-state index in [9.17, 15) is 0 Å². The maximum atomic E-state index is 6.11. The Hall–Kier alpha value is -2.71. The largest absolute Gasteiger partial charge is 0.383 e. The Morgan fingerprint density at radius 1 is 1.32 bits per heavy atom. The van der Waals surface area contributed by atoms with E-state index in [0.717, 1.165) is 22.3 Å². The van der Waals surface area contributed by atoms with Crippen LogP contribution in [0.4, 0.5) is 5.95 Å². The standard InChI is InChI=1S/C16H16ClN7O/c1-9(8-25-2)21-16-20-6-11-10(5-19-15(11)22-16)12-3-4-14-18-7-13(17)24(14)23-12/h3-7,9H,8H2,1-2H3,(H2,19,20,21,22). The molecule has 25 heavy (non-hydrogen) atoms. The molecule has 0 radical (unpaired) electrons. The zero-order valence-electron chi connectivity index (χ0n) is 13.7. The van der Waals surface area contributed by atoms with E-state index in [1.165, 1.54) is 0 Å². The first-order valence-corrected chi connectivity index (χ1v) is 8.14. The predicted octanol–water partition coefficient (Wildman–Crippen LogP) is 2.77. The van der Waals surface area contributed by atoms with Gasteiger partial charge >= 0.3 is 0 Å². The van der Waals surface area contributed by atoms with Crippen molar-refractivity contribution in [1.29, 1.82) is 0 Å². The van der Waals surface area contributed by atoms with Gasteiger partial charge in [-0.3, -0.25) is 0 Å². The summed E-state index contributed by atoms with van der Waals surface area (Å²) in [5.74, 6) is 0.548. The van der Waals surface area contributed by atoms with E-state index in [2.05, 4.69) is 30.4 Å². The number of aromatic amines is 1. The number of ether oxygens (including phenoxy) is 1. The van der Waals surface area contributed by atoms with Gasteiger partial charge < -0.3 is 15.0 Å². The smallest absolute Gasteiger partial charge is 0.224 e. The van der Waals surface area contributed by atoms with E-state index in [-0.39, 0.29) is 6.04 Å². The van der Waals surface area contributed by atoms with Crippen molar-refractivity contribution < 1.29 is 4.74 Å². The fraction of sp³-hybridized carbons (Fsp3) is 0.250. The molecule has 0 aliphatic carbocycles. The monoisotopic (exact) mass is 357 g/mol. The molecule has 0 aliphatic rings. The van der Waals surface area contributed by atoms with Crippen LogP contribution < -0.4 is 5.32 Å². The maximum Gasteiger partial charge on any atom is 0.224 e. The lowest BCUT2D eigenvalue weighted by molar-refractivity contribution is 0.190. The number of methoxy groups -OCH3 is 1. The lowest BCUT2D eigenvalue weighted by Crippen LogP contribution is -2.22. The number of imidazole rings is 1. The number of halogens is 1. The van der Waals surface area contributed by atoms with Crippen molar-refractivity contribution in [1.82, 2.24) is 29.5 Å². The third-order valence-electron chi connectivity index (χ3n) is 3.82. The number of fused-ring (bicyclic) bond motifs is 2. The third-order valence-corrected chi connectivity index (χ3v) is 4.08.